The summed E-state index contributed by atoms with van der Waals surface area (Å²) < 4.78 is 4.81. The number of rotatable bonds is 6. The lowest BCUT2D eigenvalue weighted by Crippen LogP contribution is -1.96. The second-order valence-electron chi connectivity index (χ2n) is 15.4. The van der Waals surface area contributed by atoms with Gasteiger partial charge in [-0.3, -0.25) is 9.97 Å². The molecule has 8 aromatic carbocycles. The van der Waals surface area contributed by atoms with E-state index >= 15 is 0 Å². The Balaban J connectivity index is 1.15. The molecule has 0 atom stereocenters. The lowest BCUT2D eigenvalue weighted by Gasteiger charge is -2.11. The van der Waals surface area contributed by atoms with Gasteiger partial charge in [0.05, 0.1) is 45.3 Å². The molecule has 12 rings (SSSR count). The molecule has 0 aliphatic rings. The summed E-state index contributed by atoms with van der Waals surface area (Å²) in [5.41, 5.74) is 15.6. The highest BCUT2D eigenvalue weighted by atomic mass is 15.0. The van der Waals surface area contributed by atoms with Crippen LogP contribution in [0.2, 0.25) is 0 Å². The van der Waals surface area contributed by atoms with Crippen molar-refractivity contribution in [3.63, 3.8) is 0 Å². The zero-order valence-corrected chi connectivity index (χ0v) is 32.6. The Bertz CT molecular complexity index is 3550. The van der Waals surface area contributed by atoms with Crippen molar-refractivity contribution in [2.45, 2.75) is 0 Å². The third kappa shape index (κ3) is 5.46. The average molecular weight is 765 g/mol. The van der Waals surface area contributed by atoms with Crippen molar-refractivity contribution < 1.29 is 0 Å². The third-order valence-corrected chi connectivity index (χ3v) is 12.0. The van der Waals surface area contributed by atoms with E-state index in [2.05, 4.69) is 202 Å². The summed E-state index contributed by atoms with van der Waals surface area (Å²) in [6.45, 7) is 0. The Hall–Kier alpha value is -8.08. The minimum atomic E-state index is 0.847. The predicted octanol–water partition coefficient (Wildman–Crippen LogP) is 14.5. The van der Waals surface area contributed by atoms with Crippen LogP contribution in [-0.2, 0) is 0 Å². The van der Waals surface area contributed by atoms with E-state index in [9.17, 15) is 0 Å². The second-order valence-corrected chi connectivity index (χ2v) is 15.4. The molecule has 0 saturated carbocycles. The molecule has 0 amide bonds. The van der Waals surface area contributed by atoms with E-state index in [-0.39, 0.29) is 0 Å². The smallest absolute Gasteiger partial charge is 0.0887 e. The summed E-state index contributed by atoms with van der Waals surface area (Å²) >= 11 is 0. The number of hydrogen-bond donors (Lipinski definition) is 0. The van der Waals surface area contributed by atoms with Crippen LogP contribution < -0.4 is 0 Å². The first-order valence-electron chi connectivity index (χ1n) is 20.4. The summed E-state index contributed by atoms with van der Waals surface area (Å²) in [5.74, 6) is 0. The van der Waals surface area contributed by atoms with Crippen molar-refractivity contribution in [2.75, 3.05) is 0 Å². The van der Waals surface area contributed by atoms with Gasteiger partial charge in [-0.2, -0.15) is 0 Å². The first-order valence-corrected chi connectivity index (χ1v) is 20.4. The Kier molecular flexibility index (Phi) is 7.82. The second kappa shape index (κ2) is 13.8. The van der Waals surface area contributed by atoms with Gasteiger partial charge in [0.1, 0.15) is 0 Å². The zero-order valence-electron chi connectivity index (χ0n) is 32.6. The van der Waals surface area contributed by atoms with Gasteiger partial charge in [0, 0.05) is 33.4 Å². The molecule has 0 fully saturated rings. The van der Waals surface area contributed by atoms with Gasteiger partial charge in [-0.25, -0.2) is 0 Å². The van der Waals surface area contributed by atoms with Gasteiger partial charge in [0.2, 0.25) is 0 Å². The fourth-order valence-corrected chi connectivity index (χ4v) is 9.26. The van der Waals surface area contributed by atoms with Gasteiger partial charge in [0.15, 0.2) is 0 Å². The molecule has 0 bridgehead atoms. The highest BCUT2D eigenvalue weighted by molar-refractivity contribution is 6.30. The number of hydrogen-bond acceptors (Lipinski definition) is 2. The fraction of sp³-hybridized carbons (Fsp3) is 0. The topological polar surface area (TPSA) is 35.6 Å². The van der Waals surface area contributed by atoms with Crippen molar-refractivity contribution in [2.24, 2.45) is 0 Å². The van der Waals surface area contributed by atoms with E-state index in [0.29, 0.717) is 0 Å². The Morgan fingerprint density at radius 1 is 0.283 bits per heavy atom. The largest absolute Gasteiger partial charge is 0.309 e. The van der Waals surface area contributed by atoms with Crippen molar-refractivity contribution in [1.82, 2.24) is 19.1 Å². The highest BCUT2D eigenvalue weighted by Crippen LogP contribution is 2.44. The molecule has 12 aromatic rings. The quantitative estimate of drug-likeness (QED) is 0.169. The zero-order chi connectivity index (χ0) is 39.6. The van der Waals surface area contributed by atoms with Gasteiger partial charge in [-0.05, 0) is 117 Å². The molecule has 0 aliphatic heterocycles. The number of aromatic nitrogens is 4. The van der Waals surface area contributed by atoms with Gasteiger partial charge in [-0.15, -0.1) is 0 Å². The summed E-state index contributed by atoms with van der Waals surface area (Å²) in [6, 6.07) is 74.3. The Morgan fingerprint density at radius 2 is 0.767 bits per heavy atom. The van der Waals surface area contributed by atoms with Crippen LogP contribution in [0.1, 0.15) is 0 Å². The SMILES string of the molecule is c1ccc(-c2cccc(-n3c4ccc(-c5ccccc5)cc4c4c5ccc6c(c5ccc43)c3cc(-c4ccccc4)ccc3n6-c3ccc(-c4ccccn4)nc3)c2)cc1. The lowest BCUT2D eigenvalue weighted by molar-refractivity contribution is 1.14. The lowest BCUT2D eigenvalue weighted by atomic mass is 9.97. The molecule has 0 spiro atoms. The first kappa shape index (κ1) is 34.0. The molecule has 280 valence electrons. The molecule has 4 heterocycles. The van der Waals surface area contributed by atoms with E-state index in [1.165, 1.54) is 76.7 Å². The maximum absolute atomic E-state index is 4.93. The third-order valence-electron chi connectivity index (χ3n) is 12.0. The standard InChI is InChI=1S/C56H36N4/c1-4-13-37(14-5-1)40-19-12-20-43(33-40)59-51-28-22-41(38-15-6-2-7-16-38)34-47(51)55-45-26-31-54-56(46(45)25-30-53(55)59)48-35-42(39-17-8-3-9-18-39)23-29-52(48)60(54)44-24-27-50(58-36-44)49-21-10-11-32-57-49/h1-36H. The molecule has 0 N–H and O–H groups in total. The molecule has 4 aromatic heterocycles. The van der Waals surface area contributed by atoms with E-state index < -0.39 is 0 Å². The summed E-state index contributed by atoms with van der Waals surface area (Å²) in [6.07, 6.45) is 3.79. The molecule has 0 radical (unpaired) electrons. The summed E-state index contributed by atoms with van der Waals surface area (Å²) in [7, 11) is 0. The molecule has 4 heteroatoms. The molecular weight excluding hydrogens is 729 g/mol. The van der Waals surface area contributed by atoms with Crippen LogP contribution in [0.15, 0.2) is 219 Å². The molecular formula is C56H36N4. The van der Waals surface area contributed by atoms with Gasteiger partial charge in [0.25, 0.3) is 0 Å². The first-order chi connectivity index (χ1) is 29.8. The number of nitrogens with zero attached hydrogens (tertiary/aromatic N) is 4. The maximum Gasteiger partial charge on any atom is 0.0887 e. The van der Waals surface area contributed by atoms with Crippen LogP contribution in [0.5, 0.6) is 0 Å². The Labute approximate surface area is 346 Å². The molecule has 0 aliphatic carbocycles. The maximum atomic E-state index is 4.93. The fourth-order valence-electron chi connectivity index (χ4n) is 9.26. The van der Waals surface area contributed by atoms with E-state index in [1.54, 1.807) is 0 Å². The van der Waals surface area contributed by atoms with Crippen molar-refractivity contribution in [3.8, 4) is 56.1 Å². The highest BCUT2D eigenvalue weighted by Gasteiger charge is 2.21. The molecule has 0 saturated heterocycles. The minimum Gasteiger partial charge on any atom is -0.309 e. The average Bonchev–Trinajstić information content (AvgIpc) is 3.85. The molecule has 0 unspecified atom stereocenters. The normalized spacial score (nSPS) is 11.7. The van der Waals surface area contributed by atoms with Crippen LogP contribution in [0.25, 0.3) is 111 Å². The Morgan fingerprint density at radius 3 is 1.28 bits per heavy atom. The van der Waals surface area contributed by atoms with Crippen LogP contribution in [0.3, 0.4) is 0 Å². The van der Waals surface area contributed by atoms with E-state index in [1.807, 2.05) is 30.6 Å². The van der Waals surface area contributed by atoms with Gasteiger partial charge < -0.3 is 9.13 Å². The van der Waals surface area contributed by atoms with E-state index in [0.717, 1.165) is 33.8 Å². The van der Waals surface area contributed by atoms with Crippen molar-refractivity contribution >= 4 is 54.4 Å². The number of pyridine rings is 2. The van der Waals surface area contributed by atoms with Crippen molar-refractivity contribution in [3.05, 3.63) is 219 Å². The van der Waals surface area contributed by atoms with Crippen molar-refractivity contribution in [1.29, 1.82) is 0 Å². The predicted molar refractivity (Wildman–Crippen MR) is 250 cm³/mol. The summed E-state index contributed by atoms with van der Waals surface area (Å²) in [4.78, 5) is 9.48. The van der Waals surface area contributed by atoms with E-state index in [4.69, 9.17) is 4.98 Å². The van der Waals surface area contributed by atoms with Crippen LogP contribution in [-0.4, -0.2) is 19.1 Å². The number of fused-ring (bicyclic) bond motifs is 9. The molecule has 60 heavy (non-hydrogen) atoms. The monoisotopic (exact) mass is 764 g/mol. The van der Waals surface area contributed by atoms with Gasteiger partial charge >= 0.3 is 0 Å². The summed E-state index contributed by atoms with van der Waals surface area (Å²) in [5, 5.41) is 7.34. The van der Waals surface area contributed by atoms with Crippen LogP contribution in [0.4, 0.5) is 0 Å². The van der Waals surface area contributed by atoms with Crippen LogP contribution in [0, 0.1) is 0 Å². The van der Waals surface area contributed by atoms with Crippen LogP contribution >= 0.6 is 0 Å². The minimum absolute atomic E-state index is 0.847. The van der Waals surface area contributed by atoms with Gasteiger partial charge in [-0.1, -0.05) is 133 Å². The molecule has 4 nitrogen and oxygen atoms in total. The number of benzene rings is 8.